The number of aromatic nitrogens is 4. The van der Waals surface area contributed by atoms with E-state index in [1.54, 1.807) is 0 Å². The van der Waals surface area contributed by atoms with E-state index in [2.05, 4.69) is 15.0 Å². The standard InChI is InChI=1S/C12H17N5O7/c1-3-14-5-9(15-11(13)16-10(5)22)17(3)12(23)8(21)7(20)6(19)4(2-18)24-12/h4,6-8,18-21,23H,2H2,1H3,(H3,13,15,16,22)/t4-,6-,7+,8-,12+/m1/s1. The van der Waals surface area contributed by atoms with Crippen LogP contribution in [-0.4, -0.2) is 76.1 Å². The molecule has 0 amide bonds. The van der Waals surface area contributed by atoms with Crippen LogP contribution in [0.15, 0.2) is 4.79 Å². The van der Waals surface area contributed by atoms with Crippen LogP contribution in [0, 0.1) is 6.92 Å². The number of aliphatic hydroxyl groups is 5. The van der Waals surface area contributed by atoms with Crippen LogP contribution in [0.1, 0.15) is 5.82 Å². The Kier molecular flexibility index (Phi) is 3.82. The molecule has 5 atom stereocenters. The van der Waals surface area contributed by atoms with Gasteiger partial charge in [0.15, 0.2) is 17.3 Å². The zero-order chi connectivity index (χ0) is 17.8. The van der Waals surface area contributed by atoms with Gasteiger partial charge in [-0.2, -0.15) is 4.98 Å². The van der Waals surface area contributed by atoms with Gasteiger partial charge in [-0.3, -0.25) is 14.3 Å². The fraction of sp³-hybridized carbons (Fsp3) is 0.583. The second-order valence-corrected chi connectivity index (χ2v) is 5.54. The molecule has 12 heteroatoms. The first kappa shape index (κ1) is 16.8. The largest absolute Gasteiger partial charge is 0.394 e. The first-order chi connectivity index (χ1) is 11.2. The van der Waals surface area contributed by atoms with Gasteiger partial charge in [-0.05, 0) is 6.92 Å². The molecular weight excluding hydrogens is 326 g/mol. The number of hydrogen-bond acceptors (Lipinski definition) is 10. The lowest BCUT2D eigenvalue weighted by atomic mass is 9.96. The predicted octanol–water partition coefficient (Wildman–Crippen LogP) is -3.91. The first-order valence-corrected chi connectivity index (χ1v) is 7.01. The molecule has 0 saturated carbocycles. The molecule has 132 valence electrons. The lowest BCUT2D eigenvalue weighted by molar-refractivity contribution is -0.390. The van der Waals surface area contributed by atoms with Crippen molar-refractivity contribution >= 4 is 17.1 Å². The SMILES string of the molecule is Cc1nc2c(=O)[nH]c(N)nc2n1[C@@]1(O)O[C@H](CO)[C@@H](O)[C@H](O)[C@H]1O. The van der Waals surface area contributed by atoms with Crippen LogP contribution < -0.4 is 11.3 Å². The molecule has 0 spiro atoms. The fourth-order valence-corrected chi connectivity index (χ4v) is 2.80. The van der Waals surface area contributed by atoms with Crippen molar-refractivity contribution in [1.82, 2.24) is 19.5 Å². The third kappa shape index (κ3) is 2.20. The number of aryl methyl sites for hydroxylation is 1. The molecular formula is C12H17N5O7. The number of rotatable bonds is 2. The van der Waals surface area contributed by atoms with Crippen LogP contribution in [0.3, 0.4) is 0 Å². The van der Waals surface area contributed by atoms with E-state index in [0.717, 1.165) is 4.57 Å². The number of hydrogen-bond donors (Lipinski definition) is 7. The highest BCUT2D eigenvalue weighted by atomic mass is 16.7. The van der Waals surface area contributed by atoms with E-state index in [0.29, 0.717) is 0 Å². The zero-order valence-corrected chi connectivity index (χ0v) is 12.5. The second-order valence-electron chi connectivity index (χ2n) is 5.54. The molecule has 2 aromatic heterocycles. The maximum Gasteiger partial charge on any atom is 0.286 e. The number of H-pyrrole nitrogens is 1. The third-order valence-corrected chi connectivity index (χ3v) is 3.97. The normalized spacial score (nSPS) is 33.9. The van der Waals surface area contributed by atoms with Crippen molar-refractivity contribution in [2.75, 3.05) is 12.3 Å². The van der Waals surface area contributed by atoms with Crippen LogP contribution in [0.4, 0.5) is 5.95 Å². The molecule has 24 heavy (non-hydrogen) atoms. The molecule has 0 aromatic carbocycles. The zero-order valence-electron chi connectivity index (χ0n) is 12.5. The van der Waals surface area contributed by atoms with Crippen molar-refractivity contribution in [2.24, 2.45) is 0 Å². The smallest absolute Gasteiger partial charge is 0.286 e. The molecule has 1 saturated heterocycles. The van der Waals surface area contributed by atoms with Gasteiger partial charge in [-0.25, -0.2) is 4.98 Å². The molecule has 3 heterocycles. The van der Waals surface area contributed by atoms with E-state index in [4.69, 9.17) is 10.5 Å². The number of imidazole rings is 1. The number of ether oxygens (including phenoxy) is 1. The Hall–Kier alpha value is -2.09. The average molecular weight is 343 g/mol. The van der Waals surface area contributed by atoms with Crippen molar-refractivity contribution < 1.29 is 30.3 Å². The maximum absolute atomic E-state index is 11.9. The van der Waals surface area contributed by atoms with Gasteiger partial charge < -0.3 is 36.0 Å². The molecule has 1 aliphatic heterocycles. The van der Waals surface area contributed by atoms with Crippen molar-refractivity contribution in [3.63, 3.8) is 0 Å². The average Bonchev–Trinajstić information content (AvgIpc) is 2.86. The predicted molar refractivity (Wildman–Crippen MR) is 77.5 cm³/mol. The number of anilines is 1. The highest BCUT2D eigenvalue weighted by Gasteiger charge is 2.55. The molecule has 0 aliphatic carbocycles. The summed E-state index contributed by atoms with van der Waals surface area (Å²) < 4.78 is 6.08. The van der Waals surface area contributed by atoms with E-state index in [-0.39, 0.29) is 22.9 Å². The van der Waals surface area contributed by atoms with Crippen molar-refractivity contribution in [1.29, 1.82) is 0 Å². The Labute approximate surface area is 133 Å². The molecule has 1 aliphatic rings. The summed E-state index contributed by atoms with van der Waals surface area (Å²) in [7, 11) is 0. The van der Waals surface area contributed by atoms with Gasteiger partial charge in [-0.1, -0.05) is 0 Å². The van der Waals surface area contributed by atoms with Crippen LogP contribution in [-0.2, 0) is 10.6 Å². The Morgan fingerprint density at radius 2 is 2.00 bits per heavy atom. The first-order valence-electron chi connectivity index (χ1n) is 7.01. The molecule has 0 radical (unpaired) electrons. The Balaban J connectivity index is 2.25. The molecule has 0 bridgehead atoms. The summed E-state index contributed by atoms with van der Waals surface area (Å²) in [5, 5.41) is 50.0. The number of nitrogens with zero attached hydrogens (tertiary/aromatic N) is 3. The highest BCUT2D eigenvalue weighted by Crippen LogP contribution is 2.34. The summed E-state index contributed by atoms with van der Waals surface area (Å²) in [5.74, 6) is -2.88. The number of nitrogen functional groups attached to an aromatic ring is 1. The minimum atomic E-state index is -2.64. The van der Waals surface area contributed by atoms with Crippen molar-refractivity contribution in [3.8, 4) is 0 Å². The number of nitrogens with one attached hydrogen (secondary N) is 1. The van der Waals surface area contributed by atoms with Gasteiger partial charge in [-0.15, -0.1) is 0 Å². The topological polar surface area (TPSA) is 200 Å². The van der Waals surface area contributed by atoms with E-state index in [9.17, 15) is 30.3 Å². The molecule has 3 rings (SSSR count). The lowest BCUT2D eigenvalue weighted by Gasteiger charge is -2.45. The van der Waals surface area contributed by atoms with Gasteiger partial charge in [0, 0.05) is 0 Å². The number of fused-ring (bicyclic) bond motifs is 1. The Morgan fingerprint density at radius 1 is 1.33 bits per heavy atom. The second kappa shape index (κ2) is 5.47. The summed E-state index contributed by atoms with van der Waals surface area (Å²) >= 11 is 0. The molecule has 2 aromatic rings. The van der Waals surface area contributed by atoms with Gasteiger partial charge in [0.25, 0.3) is 11.5 Å². The van der Waals surface area contributed by atoms with Gasteiger partial charge >= 0.3 is 0 Å². The lowest BCUT2D eigenvalue weighted by Crippen LogP contribution is -2.65. The summed E-state index contributed by atoms with van der Waals surface area (Å²) in [4.78, 5) is 22.0. The van der Waals surface area contributed by atoms with Crippen LogP contribution in [0.5, 0.6) is 0 Å². The third-order valence-electron chi connectivity index (χ3n) is 3.97. The van der Waals surface area contributed by atoms with E-state index >= 15 is 0 Å². The fourth-order valence-electron chi connectivity index (χ4n) is 2.80. The summed E-state index contributed by atoms with van der Waals surface area (Å²) in [5.41, 5.74) is 4.44. The van der Waals surface area contributed by atoms with Crippen LogP contribution in [0.25, 0.3) is 11.2 Å². The highest BCUT2D eigenvalue weighted by molar-refractivity contribution is 5.71. The molecule has 8 N–H and O–H groups in total. The molecule has 1 fully saturated rings. The Morgan fingerprint density at radius 3 is 2.62 bits per heavy atom. The van der Waals surface area contributed by atoms with E-state index < -0.39 is 42.5 Å². The van der Waals surface area contributed by atoms with Gasteiger partial charge in [0.05, 0.1) is 6.61 Å². The maximum atomic E-state index is 11.9. The number of nitrogens with two attached hydrogens (primary N) is 1. The minimum Gasteiger partial charge on any atom is -0.394 e. The van der Waals surface area contributed by atoms with Crippen molar-refractivity contribution in [2.45, 2.75) is 37.3 Å². The monoisotopic (exact) mass is 343 g/mol. The summed E-state index contributed by atoms with van der Waals surface area (Å²) in [6, 6.07) is 0. The van der Waals surface area contributed by atoms with Gasteiger partial charge in [0.1, 0.15) is 24.1 Å². The van der Waals surface area contributed by atoms with E-state index in [1.807, 2.05) is 0 Å². The van der Waals surface area contributed by atoms with Crippen LogP contribution >= 0.6 is 0 Å². The molecule has 12 nitrogen and oxygen atoms in total. The van der Waals surface area contributed by atoms with E-state index in [1.165, 1.54) is 6.92 Å². The summed E-state index contributed by atoms with van der Waals surface area (Å²) in [6.45, 7) is 0.659. The van der Waals surface area contributed by atoms with Crippen LogP contribution in [0.2, 0.25) is 0 Å². The number of aliphatic hydroxyl groups excluding tert-OH is 4. The van der Waals surface area contributed by atoms with Gasteiger partial charge in [0.2, 0.25) is 5.95 Å². The molecule has 0 unspecified atom stereocenters. The summed E-state index contributed by atoms with van der Waals surface area (Å²) in [6.07, 6.45) is -6.89. The van der Waals surface area contributed by atoms with Crippen molar-refractivity contribution in [3.05, 3.63) is 16.2 Å². The minimum absolute atomic E-state index is 0.0235. The quantitative estimate of drug-likeness (QED) is 0.282. The Bertz CT molecular complexity index is 833. The number of aromatic amines is 1.